The summed E-state index contributed by atoms with van der Waals surface area (Å²) in [6.45, 7) is 7.55. The molecule has 3 fully saturated rings. The first-order valence-electron chi connectivity index (χ1n) is 9.20. The number of likely N-dealkylation sites (tertiary alicyclic amines) is 1. The molecule has 0 spiro atoms. The molecule has 0 radical (unpaired) electrons. The Kier molecular flexibility index (Phi) is 5.97. The first-order valence-corrected chi connectivity index (χ1v) is 9.20. The molecule has 0 bridgehead atoms. The van der Waals surface area contributed by atoms with Gasteiger partial charge in [-0.25, -0.2) is 4.79 Å². The van der Waals surface area contributed by atoms with Gasteiger partial charge >= 0.3 is 6.03 Å². The fourth-order valence-electron chi connectivity index (χ4n) is 4.05. The van der Waals surface area contributed by atoms with Gasteiger partial charge in [-0.05, 0) is 33.4 Å². The summed E-state index contributed by atoms with van der Waals surface area (Å²) in [5.74, 6) is 0. The number of carbonyl (C=O) groups is 1. The third kappa shape index (κ3) is 4.02. The van der Waals surface area contributed by atoms with Gasteiger partial charge in [0.25, 0.3) is 0 Å². The fourth-order valence-corrected chi connectivity index (χ4v) is 4.05. The number of ether oxygens (including phenoxy) is 2. The van der Waals surface area contributed by atoms with E-state index < -0.39 is 0 Å². The maximum atomic E-state index is 12.6. The van der Waals surface area contributed by atoms with E-state index in [0.29, 0.717) is 12.6 Å². The van der Waals surface area contributed by atoms with E-state index in [0.717, 1.165) is 71.9 Å². The minimum Gasteiger partial charge on any atom is -0.381 e. The van der Waals surface area contributed by atoms with Crippen LogP contribution in [-0.2, 0) is 9.47 Å². The van der Waals surface area contributed by atoms with E-state index in [1.54, 1.807) is 0 Å². The Hall–Kier alpha value is -0.890. The van der Waals surface area contributed by atoms with Crippen LogP contribution >= 0.6 is 0 Å². The normalized spacial score (nSPS) is 28.3. The molecule has 0 aromatic rings. The summed E-state index contributed by atoms with van der Waals surface area (Å²) in [7, 11) is 4.20. The Morgan fingerprint density at radius 3 is 2.46 bits per heavy atom. The molecular formula is C17H32N4O3. The molecule has 2 amide bonds. The Labute approximate surface area is 145 Å². The topological polar surface area (TPSA) is 57.3 Å². The summed E-state index contributed by atoms with van der Waals surface area (Å²) in [6, 6.07) is 0.573. The van der Waals surface area contributed by atoms with E-state index in [1.807, 2.05) is 4.90 Å². The van der Waals surface area contributed by atoms with Crippen molar-refractivity contribution in [3.05, 3.63) is 0 Å². The Bertz CT molecular complexity index is 420. The summed E-state index contributed by atoms with van der Waals surface area (Å²) >= 11 is 0. The number of hydrogen-bond acceptors (Lipinski definition) is 5. The lowest BCUT2D eigenvalue weighted by atomic mass is 9.88. The highest BCUT2D eigenvalue weighted by Crippen LogP contribution is 2.25. The summed E-state index contributed by atoms with van der Waals surface area (Å²) in [5.41, 5.74) is 0.0250. The second kappa shape index (κ2) is 7.99. The van der Waals surface area contributed by atoms with Crippen LogP contribution in [0.5, 0.6) is 0 Å². The monoisotopic (exact) mass is 340 g/mol. The van der Waals surface area contributed by atoms with E-state index in [9.17, 15) is 4.79 Å². The van der Waals surface area contributed by atoms with Gasteiger partial charge in [0.2, 0.25) is 0 Å². The quantitative estimate of drug-likeness (QED) is 0.793. The number of morpholine rings is 1. The van der Waals surface area contributed by atoms with Crippen molar-refractivity contribution in [1.29, 1.82) is 0 Å². The van der Waals surface area contributed by atoms with Crippen LogP contribution in [0.1, 0.15) is 19.3 Å². The highest BCUT2D eigenvalue weighted by Gasteiger charge is 2.36. The zero-order chi connectivity index (χ0) is 17.0. The number of urea groups is 1. The van der Waals surface area contributed by atoms with E-state index in [-0.39, 0.29) is 11.6 Å². The molecule has 3 rings (SSSR count). The molecule has 3 aliphatic rings. The number of nitrogens with zero attached hydrogens (tertiary/aromatic N) is 3. The molecule has 7 heteroatoms. The maximum Gasteiger partial charge on any atom is 0.317 e. The Morgan fingerprint density at radius 1 is 1.12 bits per heavy atom. The van der Waals surface area contributed by atoms with Crippen molar-refractivity contribution < 1.29 is 14.3 Å². The van der Waals surface area contributed by atoms with Crippen LogP contribution in [0.2, 0.25) is 0 Å². The highest BCUT2D eigenvalue weighted by atomic mass is 16.5. The van der Waals surface area contributed by atoms with Crippen LogP contribution in [0, 0.1) is 0 Å². The third-order valence-electron chi connectivity index (χ3n) is 5.95. The number of carbonyl (C=O) groups excluding carboxylic acids is 1. The molecule has 0 saturated carbocycles. The van der Waals surface area contributed by atoms with Gasteiger partial charge in [0.15, 0.2) is 0 Å². The summed E-state index contributed by atoms with van der Waals surface area (Å²) in [5, 5.41) is 3.19. The minimum absolute atomic E-state index is 0.0250. The molecule has 1 N–H and O–H groups in total. The molecule has 1 atom stereocenters. The van der Waals surface area contributed by atoms with E-state index in [4.69, 9.17) is 9.47 Å². The average molecular weight is 340 g/mol. The number of amides is 2. The number of nitrogens with one attached hydrogen (secondary N) is 1. The lowest BCUT2D eigenvalue weighted by Crippen LogP contribution is -2.57. The largest absolute Gasteiger partial charge is 0.381 e. The van der Waals surface area contributed by atoms with Gasteiger partial charge in [-0.15, -0.1) is 0 Å². The second-order valence-corrected chi connectivity index (χ2v) is 7.43. The highest BCUT2D eigenvalue weighted by molar-refractivity contribution is 5.74. The first kappa shape index (κ1) is 17.9. The lowest BCUT2D eigenvalue weighted by molar-refractivity contribution is -0.00623. The first-order chi connectivity index (χ1) is 11.6. The van der Waals surface area contributed by atoms with Crippen molar-refractivity contribution in [3.8, 4) is 0 Å². The molecule has 0 unspecified atom stereocenters. The third-order valence-corrected chi connectivity index (χ3v) is 5.95. The summed E-state index contributed by atoms with van der Waals surface area (Å²) in [6.07, 6.45) is 3.01. The number of likely N-dealkylation sites (N-methyl/N-ethyl adjacent to an activating group) is 1. The van der Waals surface area contributed by atoms with Gasteiger partial charge in [0, 0.05) is 57.5 Å². The molecule has 3 saturated heterocycles. The van der Waals surface area contributed by atoms with Gasteiger partial charge in [-0.3, -0.25) is 4.90 Å². The van der Waals surface area contributed by atoms with E-state index >= 15 is 0 Å². The molecule has 0 aromatic carbocycles. The van der Waals surface area contributed by atoms with E-state index in [1.165, 1.54) is 0 Å². The van der Waals surface area contributed by atoms with Crippen molar-refractivity contribution in [2.45, 2.75) is 30.8 Å². The standard InChI is InChI=1S/C17H32N4O3/c1-19(2)17(4-9-23-10-5-17)14-18-16(22)21-6-3-15(13-21)20-7-11-24-12-8-20/h15H,3-14H2,1-2H3,(H,18,22)/t15-/m1/s1. The van der Waals surface area contributed by atoms with Crippen LogP contribution in [0.3, 0.4) is 0 Å². The van der Waals surface area contributed by atoms with Gasteiger partial charge in [0.05, 0.1) is 13.2 Å². The Balaban J connectivity index is 1.48. The molecule has 7 nitrogen and oxygen atoms in total. The number of rotatable bonds is 4. The lowest BCUT2D eigenvalue weighted by Gasteiger charge is -2.43. The SMILES string of the molecule is CN(C)C1(CNC(=O)N2CC[C@@H](N3CCOCC3)C2)CCOCC1. The molecule has 24 heavy (non-hydrogen) atoms. The molecule has 3 aliphatic heterocycles. The molecule has 0 aromatic heterocycles. The van der Waals surface area contributed by atoms with Crippen molar-refractivity contribution in [3.63, 3.8) is 0 Å². The van der Waals surface area contributed by atoms with Crippen molar-refractivity contribution >= 4 is 6.03 Å². The maximum absolute atomic E-state index is 12.6. The van der Waals surface area contributed by atoms with Crippen LogP contribution in [0.15, 0.2) is 0 Å². The predicted octanol–water partition coefficient (Wildman–Crippen LogP) is 0.213. The summed E-state index contributed by atoms with van der Waals surface area (Å²) in [4.78, 5) is 19.3. The number of hydrogen-bond donors (Lipinski definition) is 1. The molecule has 138 valence electrons. The van der Waals surface area contributed by atoms with Crippen LogP contribution in [0.4, 0.5) is 4.79 Å². The fraction of sp³-hybridized carbons (Fsp3) is 0.941. The van der Waals surface area contributed by atoms with Gasteiger partial charge in [0.1, 0.15) is 0 Å². The van der Waals surface area contributed by atoms with Crippen molar-refractivity contribution in [2.75, 3.05) is 73.2 Å². The second-order valence-electron chi connectivity index (χ2n) is 7.43. The van der Waals surface area contributed by atoms with Gasteiger partial charge in [-0.1, -0.05) is 0 Å². The van der Waals surface area contributed by atoms with Crippen LogP contribution in [-0.4, -0.2) is 106 Å². The molecule has 3 heterocycles. The van der Waals surface area contributed by atoms with Crippen molar-refractivity contribution in [1.82, 2.24) is 20.0 Å². The minimum atomic E-state index is 0.0250. The smallest absolute Gasteiger partial charge is 0.317 e. The summed E-state index contributed by atoms with van der Waals surface area (Å²) < 4.78 is 10.9. The van der Waals surface area contributed by atoms with Crippen LogP contribution in [0.25, 0.3) is 0 Å². The zero-order valence-electron chi connectivity index (χ0n) is 15.1. The van der Waals surface area contributed by atoms with Gasteiger partial charge < -0.3 is 24.6 Å². The Morgan fingerprint density at radius 2 is 1.79 bits per heavy atom. The molecular weight excluding hydrogens is 308 g/mol. The van der Waals surface area contributed by atoms with Crippen LogP contribution < -0.4 is 5.32 Å². The van der Waals surface area contributed by atoms with Crippen molar-refractivity contribution in [2.24, 2.45) is 0 Å². The average Bonchev–Trinajstić information content (AvgIpc) is 3.11. The van der Waals surface area contributed by atoms with E-state index in [2.05, 4.69) is 29.2 Å². The molecule has 0 aliphatic carbocycles. The zero-order valence-corrected chi connectivity index (χ0v) is 15.1. The predicted molar refractivity (Wildman–Crippen MR) is 92.2 cm³/mol. The van der Waals surface area contributed by atoms with Gasteiger partial charge in [-0.2, -0.15) is 0 Å².